The maximum atomic E-state index is 12.0. The lowest BCUT2D eigenvalue weighted by Gasteiger charge is -2.20. The van der Waals surface area contributed by atoms with Gasteiger partial charge in [-0.2, -0.15) is 0 Å². The van der Waals surface area contributed by atoms with Gasteiger partial charge in [-0.05, 0) is 6.92 Å². The second-order valence-electron chi connectivity index (χ2n) is 3.78. The second kappa shape index (κ2) is 6.76. The molecule has 0 saturated carbocycles. The lowest BCUT2D eigenvalue weighted by atomic mass is 10.4. The summed E-state index contributed by atoms with van der Waals surface area (Å²) in [6, 6.07) is 0. The average Bonchev–Trinajstić information content (AvgIpc) is 2.29. The Morgan fingerprint density at radius 1 is 1.65 bits per heavy atom. The summed E-state index contributed by atoms with van der Waals surface area (Å²) in [6.45, 7) is 3.85. The first kappa shape index (κ1) is 14.2. The van der Waals surface area contributed by atoms with Crippen LogP contribution in [0.2, 0.25) is 0 Å². The van der Waals surface area contributed by atoms with Gasteiger partial charge in [0, 0.05) is 39.6 Å². The fourth-order valence-corrected chi connectivity index (χ4v) is 2.26. The molecule has 0 fully saturated rings. The highest BCUT2D eigenvalue weighted by atomic mass is 79.9. The number of nitrogens with zero attached hydrogens (tertiary/aromatic N) is 3. The molecule has 17 heavy (non-hydrogen) atoms. The van der Waals surface area contributed by atoms with Crippen LogP contribution in [-0.4, -0.2) is 41.7 Å². The molecular formula is C11H18BrN3O2. The van der Waals surface area contributed by atoms with Crippen molar-refractivity contribution in [3.05, 3.63) is 22.7 Å². The number of anilines is 1. The molecule has 0 aliphatic carbocycles. The van der Waals surface area contributed by atoms with Crippen molar-refractivity contribution < 1.29 is 4.74 Å². The number of aryl methyl sites for hydroxylation is 1. The molecule has 6 heteroatoms. The zero-order valence-corrected chi connectivity index (χ0v) is 12.0. The van der Waals surface area contributed by atoms with Gasteiger partial charge in [0.15, 0.2) is 5.82 Å². The smallest absolute Gasteiger partial charge is 0.293 e. The van der Waals surface area contributed by atoms with E-state index in [1.54, 1.807) is 24.1 Å². The number of rotatable bonds is 6. The summed E-state index contributed by atoms with van der Waals surface area (Å²) in [7, 11) is 3.51. The highest BCUT2D eigenvalue weighted by Crippen LogP contribution is 2.07. The number of methoxy groups -OCH3 is 1. The minimum Gasteiger partial charge on any atom is -0.383 e. The first-order chi connectivity index (χ1) is 8.10. The van der Waals surface area contributed by atoms with Crippen molar-refractivity contribution >= 4 is 21.7 Å². The largest absolute Gasteiger partial charge is 0.383 e. The fraction of sp³-hybridized carbons (Fsp3) is 0.636. The molecule has 0 saturated heterocycles. The van der Waals surface area contributed by atoms with Gasteiger partial charge in [-0.15, -0.1) is 0 Å². The minimum absolute atomic E-state index is 0.0605. The molecule has 0 radical (unpaired) electrons. The maximum absolute atomic E-state index is 12.0. The molecule has 0 aromatic carbocycles. The van der Waals surface area contributed by atoms with Crippen molar-refractivity contribution in [2.45, 2.75) is 18.3 Å². The summed E-state index contributed by atoms with van der Waals surface area (Å²) in [5.74, 6) is 0.468. The molecule has 5 nitrogen and oxygen atoms in total. The third-order valence-electron chi connectivity index (χ3n) is 2.42. The van der Waals surface area contributed by atoms with Crippen molar-refractivity contribution in [1.82, 2.24) is 9.55 Å². The van der Waals surface area contributed by atoms with E-state index in [4.69, 9.17) is 4.74 Å². The van der Waals surface area contributed by atoms with Crippen LogP contribution in [0.5, 0.6) is 0 Å². The molecule has 96 valence electrons. The fourth-order valence-electron chi connectivity index (χ4n) is 1.56. The van der Waals surface area contributed by atoms with Crippen molar-refractivity contribution in [2.75, 3.05) is 32.2 Å². The highest BCUT2D eigenvalue weighted by Gasteiger charge is 2.13. The molecular weight excluding hydrogens is 286 g/mol. The molecule has 1 atom stereocenters. The average molecular weight is 304 g/mol. The summed E-state index contributed by atoms with van der Waals surface area (Å²) in [5.41, 5.74) is -0.0605. The third kappa shape index (κ3) is 3.81. The number of ether oxygens (including phenoxy) is 1. The van der Waals surface area contributed by atoms with Crippen LogP contribution >= 0.6 is 15.9 Å². The van der Waals surface area contributed by atoms with Crippen LogP contribution in [0.25, 0.3) is 0 Å². The first-order valence-electron chi connectivity index (χ1n) is 5.49. The molecule has 0 N–H and O–H groups in total. The third-order valence-corrected chi connectivity index (χ3v) is 2.97. The molecule has 1 heterocycles. The van der Waals surface area contributed by atoms with E-state index in [1.807, 2.05) is 18.9 Å². The normalized spacial score (nSPS) is 12.5. The van der Waals surface area contributed by atoms with Crippen molar-refractivity contribution in [2.24, 2.45) is 0 Å². The Hall–Kier alpha value is -0.880. The zero-order valence-electron chi connectivity index (χ0n) is 10.4. The molecule has 0 amide bonds. The predicted octanol–water partition coefficient (Wildman–Crippen LogP) is 1.11. The van der Waals surface area contributed by atoms with Crippen molar-refractivity contribution in [1.29, 1.82) is 0 Å². The van der Waals surface area contributed by atoms with Crippen LogP contribution in [0.3, 0.4) is 0 Å². The van der Waals surface area contributed by atoms with E-state index in [0.717, 1.165) is 0 Å². The van der Waals surface area contributed by atoms with Crippen LogP contribution in [0.15, 0.2) is 17.2 Å². The van der Waals surface area contributed by atoms with Gasteiger partial charge in [-0.25, -0.2) is 4.98 Å². The topological polar surface area (TPSA) is 47.4 Å². The molecule has 1 aromatic rings. The lowest BCUT2D eigenvalue weighted by molar-refractivity contribution is 0.201. The van der Waals surface area contributed by atoms with Crippen LogP contribution in [0.4, 0.5) is 5.82 Å². The summed E-state index contributed by atoms with van der Waals surface area (Å²) in [6.07, 6.45) is 3.34. The van der Waals surface area contributed by atoms with Gasteiger partial charge in [0.2, 0.25) is 0 Å². The Balaban J connectivity index is 2.82. The maximum Gasteiger partial charge on any atom is 0.293 e. The van der Waals surface area contributed by atoms with Gasteiger partial charge in [-0.3, -0.25) is 4.79 Å². The monoisotopic (exact) mass is 303 g/mol. The number of alkyl halides is 1. The Kier molecular flexibility index (Phi) is 5.64. The van der Waals surface area contributed by atoms with Gasteiger partial charge in [0.05, 0.1) is 11.4 Å². The number of hydrogen-bond acceptors (Lipinski definition) is 4. The Morgan fingerprint density at radius 2 is 2.35 bits per heavy atom. The highest BCUT2D eigenvalue weighted by molar-refractivity contribution is 9.09. The Morgan fingerprint density at radius 3 is 2.94 bits per heavy atom. The minimum atomic E-state index is -0.0605. The number of hydrogen-bond donors (Lipinski definition) is 0. The van der Waals surface area contributed by atoms with E-state index < -0.39 is 0 Å². The molecule has 0 spiro atoms. The van der Waals surface area contributed by atoms with Gasteiger partial charge >= 0.3 is 0 Å². The molecule has 0 aliphatic rings. The van der Waals surface area contributed by atoms with E-state index in [9.17, 15) is 4.79 Å². The standard InChI is InChI=1S/C11H18BrN3O2/c1-4-15-6-5-13-10(11(15)16)14(2)7-9(12)8-17-3/h5-6,9H,4,7-8H2,1-3H3. The number of halogens is 1. The van der Waals surface area contributed by atoms with E-state index in [1.165, 1.54) is 0 Å². The van der Waals surface area contributed by atoms with E-state index >= 15 is 0 Å². The van der Waals surface area contributed by atoms with Gasteiger partial charge in [0.1, 0.15) is 0 Å². The van der Waals surface area contributed by atoms with Crippen LogP contribution in [0.1, 0.15) is 6.92 Å². The summed E-state index contributed by atoms with van der Waals surface area (Å²) in [5, 5.41) is 0. The Bertz CT molecular complexity index is 408. The second-order valence-corrected chi connectivity index (χ2v) is 5.07. The summed E-state index contributed by atoms with van der Waals surface area (Å²) >= 11 is 3.49. The molecule has 1 rings (SSSR count). The van der Waals surface area contributed by atoms with Gasteiger partial charge in [-0.1, -0.05) is 15.9 Å². The molecule has 0 bridgehead atoms. The summed E-state index contributed by atoms with van der Waals surface area (Å²) < 4.78 is 6.68. The van der Waals surface area contributed by atoms with E-state index in [2.05, 4.69) is 20.9 Å². The molecule has 1 aromatic heterocycles. The zero-order chi connectivity index (χ0) is 12.8. The van der Waals surface area contributed by atoms with Crippen molar-refractivity contribution in [3.63, 3.8) is 0 Å². The summed E-state index contributed by atoms with van der Waals surface area (Å²) in [4.78, 5) is 18.1. The SMILES string of the molecule is CCn1ccnc(N(C)CC(Br)COC)c1=O. The van der Waals surface area contributed by atoms with Crippen LogP contribution in [0, 0.1) is 0 Å². The van der Waals surface area contributed by atoms with Gasteiger partial charge < -0.3 is 14.2 Å². The quantitative estimate of drug-likeness (QED) is 0.739. The van der Waals surface area contributed by atoms with Gasteiger partial charge in [0.25, 0.3) is 5.56 Å². The lowest BCUT2D eigenvalue weighted by Crippen LogP contribution is -2.35. The van der Waals surface area contributed by atoms with E-state index in [-0.39, 0.29) is 10.4 Å². The van der Waals surface area contributed by atoms with Crippen LogP contribution in [-0.2, 0) is 11.3 Å². The molecule has 1 unspecified atom stereocenters. The first-order valence-corrected chi connectivity index (χ1v) is 6.41. The van der Waals surface area contributed by atoms with E-state index in [0.29, 0.717) is 25.5 Å². The van der Waals surface area contributed by atoms with Crippen molar-refractivity contribution in [3.8, 4) is 0 Å². The number of aromatic nitrogens is 2. The predicted molar refractivity (Wildman–Crippen MR) is 72.0 cm³/mol. The van der Waals surface area contributed by atoms with Crippen LogP contribution < -0.4 is 10.5 Å². The Labute approximate surface area is 110 Å². The molecule has 0 aliphatic heterocycles.